The fourth-order valence-electron chi connectivity index (χ4n) is 2.53. The second-order valence-electron chi connectivity index (χ2n) is 5.02. The van der Waals surface area contributed by atoms with E-state index in [0.29, 0.717) is 30.8 Å². The third-order valence-corrected chi connectivity index (χ3v) is 3.71. The standard InChI is InChI=1S/C13H23N5O2/c1-3-20-8-12-15-11(17-14)6-13(16-12)18-5-4-9(2)10(18)7-19/h6,9-10,19H,3-5,7-8,14H2,1-2H3,(H,15,16,17). The summed E-state index contributed by atoms with van der Waals surface area (Å²) in [5.41, 5.74) is 2.56. The van der Waals surface area contributed by atoms with Crippen molar-refractivity contribution in [3.63, 3.8) is 0 Å². The van der Waals surface area contributed by atoms with Gasteiger partial charge < -0.3 is 20.2 Å². The highest BCUT2D eigenvalue weighted by Gasteiger charge is 2.31. The quantitative estimate of drug-likeness (QED) is 0.516. The minimum Gasteiger partial charge on any atom is -0.394 e. The Kier molecular flexibility index (Phi) is 5.11. The third kappa shape index (κ3) is 3.17. The molecule has 0 aromatic carbocycles. The molecule has 20 heavy (non-hydrogen) atoms. The van der Waals surface area contributed by atoms with Gasteiger partial charge in [-0.05, 0) is 19.3 Å². The monoisotopic (exact) mass is 281 g/mol. The van der Waals surface area contributed by atoms with Gasteiger partial charge in [-0.1, -0.05) is 6.92 Å². The van der Waals surface area contributed by atoms with Crippen molar-refractivity contribution < 1.29 is 9.84 Å². The highest BCUT2D eigenvalue weighted by molar-refractivity contribution is 5.50. The number of nitrogen functional groups attached to an aromatic ring is 1. The molecule has 7 nitrogen and oxygen atoms in total. The first kappa shape index (κ1) is 15.0. The molecule has 7 heteroatoms. The summed E-state index contributed by atoms with van der Waals surface area (Å²) in [4.78, 5) is 10.9. The van der Waals surface area contributed by atoms with Gasteiger partial charge in [-0.25, -0.2) is 15.8 Å². The molecule has 1 fully saturated rings. The van der Waals surface area contributed by atoms with Crippen molar-refractivity contribution in [1.82, 2.24) is 9.97 Å². The van der Waals surface area contributed by atoms with Crippen LogP contribution in [-0.2, 0) is 11.3 Å². The van der Waals surface area contributed by atoms with Gasteiger partial charge in [-0.15, -0.1) is 0 Å². The molecule has 1 saturated heterocycles. The van der Waals surface area contributed by atoms with Crippen LogP contribution >= 0.6 is 0 Å². The molecular weight excluding hydrogens is 258 g/mol. The SMILES string of the molecule is CCOCc1nc(NN)cc(N2CCC(C)C2CO)n1. The van der Waals surface area contributed by atoms with Crippen LogP contribution in [0.15, 0.2) is 6.07 Å². The number of rotatable bonds is 6. The number of hydrazine groups is 1. The van der Waals surface area contributed by atoms with Crippen molar-refractivity contribution in [2.24, 2.45) is 11.8 Å². The normalized spacial score (nSPS) is 22.3. The average molecular weight is 281 g/mol. The fourth-order valence-corrected chi connectivity index (χ4v) is 2.53. The Balaban J connectivity index is 2.25. The molecule has 0 saturated carbocycles. The van der Waals surface area contributed by atoms with Gasteiger partial charge in [0.05, 0.1) is 12.6 Å². The average Bonchev–Trinajstić information content (AvgIpc) is 2.85. The molecule has 0 bridgehead atoms. The summed E-state index contributed by atoms with van der Waals surface area (Å²) in [6.07, 6.45) is 1.04. The Morgan fingerprint density at radius 2 is 2.35 bits per heavy atom. The summed E-state index contributed by atoms with van der Waals surface area (Å²) in [5.74, 6) is 7.84. The second kappa shape index (κ2) is 6.83. The number of hydrogen-bond acceptors (Lipinski definition) is 7. The van der Waals surface area contributed by atoms with Crippen LogP contribution in [0.25, 0.3) is 0 Å². The van der Waals surface area contributed by atoms with E-state index in [2.05, 4.69) is 27.2 Å². The maximum atomic E-state index is 9.56. The van der Waals surface area contributed by atoms with Crippen molar-refractivity contribution in [3.05, 3.63) is 11.9 Å². The van der Waals surface area contributed by atoms with Crippen LogP contribution in [0, 0.1) is 5.92 Å². The second-order valence-corrected chi connectivity index (χ2v) is 5.02. The van der Waals surface area contributed by atoms with Crippen LogP contribution in [0.4, 0.5) is 11.6 Å². The molecule has 2 unspecified atom stereocenters. The van der Waals surface area contributed by atoms with Crippen LogP contribution < -0.4 is 16.2 Å². The van der Waals surface area contributed by atoms with E-state index in [4.69, 9.17) is 10.6 Å². The summed E-state index contributed by atoms with van der Waals surface area (Å²) in [7, 11) is 0. The summed E-state index contributed by atoms with van der Waals surface area (Å²) in [5, 5.41) is 9.56. The van der Waals surface area contributed by atoms with Gasteiger partial charge in [-0.3, -0.25) is 0 Å². The maximum absolute atomic E-state index is 9.56. The van der Waals surface area contributed by atoms with Gasteiger partial charge in [-0.2, -0.15) is 0 Å². The number of aromatic nitrogens is 2. The number of ether oxygens (including phenoxy) is 1. The van der Waals surface area contributed by atoms with Gasteiger partial charge >= 0.3 is 0 Å². The van der Waals surface area contributed by atoms with E-state index in [0.717, 1.165) is 18.8 Å². The van der Waals surface area contributed by atoms with E-state index in [-0.39, 0.29) is 12.6 Å². The van der Waals surface area contributed by atoms with Gasteiger partial charge in [0, 0.05) is 19.2 Å². The van der Waals surface area contributed by atoms with E-state index < -0.39 is 0 Å². The number of aliphatic hydroxyl groups is 1. The number of anilines is 2. The topological polar surface area (TPSA) is 96.5 Å². The van der Waals surface area contributed by atoms with Crippen molar-refractivity contribution in [2.75, 3.05) is 30.1 Å². The van der Waals surface area contributed by atoms with E-state index in [1.807, 2.05) is 6.92 Å². The first-order chi connectivity index (χ1) is 9.69. The Labute approximate surface area is 119 Å². The predicted octanol–water partition coefficient (Wildman–Crippen LogP) is 0.506. The molecule has 1 aromatic heterocycles. The smallest absolute Gasteiger partial charge is 0.158 e. The van der Waals surface area contributed by atoms with Crippen LogP contribution in [0.2, 0.25) is 0 Å². The Hall–Kier alpha value is -1.44. The molecule has 112 valence electrons. The molecule has 1 aliphatic heterocycles. The maximum Gasteiger partial charge on any atom is 0.158 e. The highest BCUT2D eigenvalue weighted by Crippen LogP contribution is 2.29. The van der Waals surface area contributed by atoms with Gasteiger partial charge in [0.25, 0.3) is 0 Å². The molecule has 4 N–H and O–H groups in total. The van der Waals surface area contributed by atoms with E-state index in [1.165, 1.54) is 0 Å². The number of nitrogens with zero attached hydrogens (tertiary/aromatic N) is 3. The van der Waals surface area contributed by atoms with Crippen LogP contribution in [0.1, 0.15) is 26.1 Å². The Morgan fingerprint density at radius 1 is 1.55 bits per heavy atom. The lowest BCUT2D eigenvalue weighted by atomic mass is 10.0. The highest BCUT2D eigenvalue weighted by atomic mass is 16.5. The van der Waals surface area contributed by atoms with Gasteiger partial charge in [0.2, 0.25) is 0 Å². The lowest BCUT2D eigenvalue weighted by Crippen LogP contribution is -2.36. The molecule has 2 rings (SSSR count). The lowest BCUT2D eigenvalue weighted by Gasteiger charge is -2.26. The van der Waals surface area contributed by atoms with Crippen molar-refractivity contribution in [1.29, 1.82) is 0 Å². The predicted molar refractivity (Wildman–Crippen MR) is 77.2 cm³/mol. The third-order valence-electron chi connectivity index (χ3n) is 3.71. The molecule has 0 amide bonds. The van der Waals surface area contributed by atoms with E-state index >= 15 is 0 Å². The molecule has 0 radical (unpaired) electrons. The van der Waals surface area contributed by atoms with Crippen LogP contribution in [0.5, 0.6) is 0 Å². The molecule has 1 aliphatic rings. The first-order valence-corrected chi connectivity index (χ1v) is 6.99. The largest absolute Gasteiger partial charge is 0.394 e. The van der Waals surface area contributed by atoms with Crippen molar-refractivity contribution in [2.45, 2.75) is 32.9 Å². The minimum atomic E-state index is 0.0930. The van der Waals surface area contributed by atoms with Crippen LogP contribution in [-0.4, -0.2) is 40.9 Å². The van der Waals surface area contributed by atoms with Gasteiger partial charge in [0.1, 0.15) is 18.2 Å². The zero-order valence-electron chi connectivity index (χ0n) is 12.0. The van der Waals surface area contributed by atoms with Crippen LogP contribution in [0.3, 0.4) is 0 Å². The Bertz CT molecular complexity index is 443. The van der Waals surface area contributed by atoms with E-state index in [9.17, 15) is 5.11 Å². The lowest BCUT2D eigenvalue weighted by molar-refractivity contribution is 0.128. The molecular formula is C13H23N5O2. The fraction of sp³-hybridized carbons (Fsp3) is 0.692. The van der Waals surface area contributed by atoms with Crippen molar-refractivity contribution in [3.8, 4) is 0 Å². The van der Waals surface area contributed by atoms with E-state index in [1.54, 1.807) is 6.07 Å². The molecule has 2 heterocycles. The van der Waals surface area contributed by atoms with Gasteiger partial charge in [0.15, 0.2) is 5.82 Å². The first-order valence-electron chi connectivity index (χ1n) is 6.99. The minimum absolute atomic E-state index is 0.0930. The summed E-state index contributed by atoms with van der Waals surface area (Å²) in [6.45, 7) is 6.03. The molecule has 0 aliphatic carbocycles. The summed E-state index contributed by atoms with van der Waals surface area (Å²) >= 11 is 0. The summed E-state index contributed by atoms with van der Waals surface area (Å²) < 4.78 is 5.35. The Morgan fingerprint density at radius 3 is 3.00 bits per heavy atom. The molecule has 0 spiro atoms. The number of hydrogen-bond donors (Lipinski definition) is 3. The number of aliphatic hydroxyl groups excluding tert-OH is 1. The number of nitrogens with one attached hydrogen (secondary N) is 1. The van der Waals surface area contributed by atoms with Crippen molar-refractivity contribution >= 4 is 11.6 Å². The number of nitrogens with two attached hydrogens (primary N) is 1. The summed E-state index contributed by atoms with van der Waals surface area (Å²) in [6, 6.07) is 1.89. The zero-order chi connectivity index (χ0) is 14.5. The molecule has 1 aromatic rings. The zero-order valence-corrected chi connectivity index (χ0v) is 12.0. The molecule has 2 atom stereocenters.